The van der Waals surface area contributed by atoms with Crippen LogP contribution in [0.25, 0.3) is 17.2 Å². The van der Waals surface area contributed by atoms with Crippen LogP contribution >= 0.6 is 0 Å². The number of para-hydroxylation sites is 2. The van der Waals surface area contributed by atoms with Gasteiger partial charge in [0.15, 0.2) is 5.58 Å². The first-order valence-electron chi connectivity index (χ1n) is 8.90. The molecular weight excluding hydrogens is 363 g/mol. The van der Waals surface area contributed by atoms with Crippen molar-refractivity contribution in [2.24, 2.45) is 0 Å². The summed E-state index contributed by atoms with van der Waals surface area (Å²) >= 11 is 0. The van der Waals surface area contributed by atoms with Gasteiger partial charge in [0.2, 0.25) is 5.83 Å². The third-order valence-corrected chi connectivity index (χ3v) is 3.95. The number of benzene rings is 2. The zero-order chi connectivity index (χ0) is 19.9. The molecule has 3 aromatic rings. The van der Waals surface area contributed by atoms with Gasteiger partial charge in [0.05, 0.1) is 13.2 Å². The highest BCUT2D eigenvalue weighted by Gasteiger charge is 2.11. The van der Waals surface area contributed by atoms with Gasteiger partial charge in [0, 0.05) is 7.05 Å². The molecule has 0 aliphatic heterocycles. The van der Waals surface area contributed by atoms with E-state index in [1.165, 1.54) is 0 Å². The van der Waals surface area contributed by atoms with E-state index in [1.807, 2.05) is 36.2 Å². The lowest BCUT2D eigenvalue weighted by molar-refractivity contribution is -0.140. The van der Waals surface area contributed by atoms with Crippen molar-refractivity contribution < 1.29 is 23.1 Å². The fourth-order valence-corrected chi connectivity index (χ4v) is 2.48. The second-order valence-electron chi connectivity index (χ2n) is 6.02. The predicted octanol–water partition coefficient (Wildman–Crippen LogP) is 4.22. The fourth-order valence-electron chi connectivity index (χ4n) is 2.48. The fraction of sp³-hybridized carbons (Fsp3) is 0.238. The summed E-state index contributed by atoms with van der Waals surface area (Å²) in [4.78, 5) is 17.6. The van der Waals surface area contributed by atoms with Crippen LogP contribution in [-0.2, 0) is 9.53 Å². The Kier molecular flexibility index (Phi) is 6.26. The third-order valence-electron chi connectivity index (χ3n) is 3.95. The second-order valence-corrected chi connectivity index (χ2v) is 6.02. The molecule has 146 valence electrons. The van der Waals surface area contributed by atoms with Gasteiger partial charge >= 0.3 is 5.97 Å². The lowest BCUT2D eigenvalue weighted by Gasteiger charge is -2.14. The average molecular weight is 384 g/mol. The number of fused-ring (bicyclic) bond motifs is 1. The number of esters is 1. The maximum Gasteiger partial charge on any atom is 0.367 e. The monoisotopic (exact) mass is 384 g/mol. The Labute approximate surface area is 162 Å². The van der Waals surface area contributed by atoms with E-state index in [4.69, 9.17) is 9.15 Å². The van der Waals surface area contributed by atoms with Crippen molar-refractivity contribution in [1.82, 2.24) is 4.98 Å². The molecule has 0 radical (unpaired) electrons. The van der Waals surface area contributed by atoms with E-state index in [2.05, 4.69) is 9.72 Å². The minimum atomic E-state index is -0.968. The van der Waals surface area contributed by atoms with Gasteiger partial charge < -0.3 is 18.8 Å². The van der Waals surface area contributed by atoms with Crippen LogP contribution in [0.15, 0.2) is 58.8 Å². The number of halogens is 1. The molecule has 0 amide bonds. The number of carbonyl (C=O) groups excluding carboxylic acids is 1. The van der Waals surface area contributed by atoms with Gasteiger partial charge in [-0.3, -0.25) is 0 Å². The number of hydrogen-bond donors (Lipinski definition) is 0. The molecule has 0 spiro atoms. The predicted molar refractivity (Wildman–Crippen MR) is 105 cm³/mol. The van der Waals surface area contributed by atoms with E-state index in [1.54, 1.807) is 31.2 Å². The van der Waals surface area contributed by atoms with Crippen LogP contribution in [0, 0.1) is 0 Å². The zero-order valence-corrected chi connectivity index (χ0v) is 15.7. The quantitative estimate of drug-likeness (QED) is 0.428. The van der Waals surface area contributed by atoms with E-state index >= 15 is 0 Å². The first kappa shape index (κ1) is 19.4. The minimum Gasteiger partial charge on any atom is -0.492 e. The van der Waals surface area contributed by atoms with Crippen LogP contribution in [0.5, 0.6) is 5.75 Å². The molecule has 0 N–H and O–H groups in total. The summed E-state index contributed by atoms with van der Waals surface area (Å²) in [6.07, 6.45) is 1.13. The Hall–Kier alpha value is -3.35. The van der Waals surface area contributed by atoms with E-state index in [9.17, 15) is 9.18 Å². The van der Waals surface area contributed by atoms with Crippen molar-refractivity contribution in [2.45, 2.75) is 6.92 Å². The van der Waals surface area contributed by atoms with Gasteiger partial charge in [0.1, 0.15) is 17.9 Å². The highest BCUT2D eigenvalue weighted by molar-refractivity contribution is 5.91. The molecule has 0 saturated carbocycles. The van der Waals surface area contributed by atoms with E-state index in [0.29, 0.717) is 30.5 Å². The molecule has 0 aliphatic rings. The number of ether oxygens (including phenoxy) is 2. The van der Waals surface area contributed by atoms with Crippen molar-refractivity contribution in [3.63, 3.8) is 0 Å². The highest BCUT2D eigenvalue weighted by Crippen LogP contribution is 2.21. The molecular formula is C21H21FN2O4. The first-order valence-corrected chi connectivity index (χ1v) is 8.90. The SMILES string of the molecule is CCOC(=O)C(F)=Cc1ccc(OCCN(C)c2nc3ccccc3o2)cc1. The van der Waals surface area contributed by atoms with Gasteiger partial charge in [0.25, 0.3) is 6.01 Å². The summed E-state index contributed by atoms with van der Waals surface area (Å²) in [6.45, 7) is 2.75. The number of anilines is 1. The number of carbonyl (C=O) groups is 1. The number of rotatable bonds is 8. The molecule has 6 nitrogen and oxygen atoms in total. The maximum atomic E-state index is 13.6. The smallest absolute Gasteiger partial charge is 0.367 e. The molecule has 0 fully saturated rings. The van der Waals surface area contributed by atoms with Crippen LogP contribution in [-0.4, -0.2) is 37.8 Å². The Morgan fingerprint density at radius 2 is 1.96 bits per heavy atom. The highest BCUT2D eigenvalue weighted by atomic mass is 19.1. The standard InChI is InChI=1S/C21H21FN2O4/c1-3-26-20(25)17(22)14-15-8-10-16(11-9-15)27-13-12-24(2)21-23-18-6-4-5-7-19(18)28-21/h4-11,14H,3,12-13H2,1-2H3. The lowest BCUT2D eigenvalue weighted by Crippen LogP contribution is -2.23. The van der Waals surface area contributed by atoms with Gasteiger partial charge in [-0.1, -0.05) is 24.3 Å². The Morgan fingerprint density at radius 1 is 1.21 bits per heavy atom. The summed E-state index contributed by atoms with van der Waals surface area (Å²) < 4.78 is 29.6. The van der Waals surface area contributed by atoms with Crippen molar-refractivity contribution in [3.8, 4) is 5.75 Å². The summed E-state index contributed by atoms with van der Waals surface area (Å²) in [6, 6.07) is 14.9. The Morgan fingerprint density at radius 3 is 2.68 bits per heavy atom. The van der Waals surface area contributed by atoms with Crippen molar-refractivity contribution in [2.75, 3.05) is 31.7 Å². The van der Waals surface area contributed by atoms with Gasteiger partial charge in [-0.05, 0) is 42.8 Å². The van der Waals surface area contributed by atoms with Crippen LogP contribution in [0.2, 0.25) is 0 Å². The molecule has 1 aromatic heterocycles. The van der Waals surface area contributed by atoms with Crippen molar-refractivity contribution in [3.05, 3.63) is 59.9 Å². The molecule has 0 unspecified atom stereocenters. The summed E-state index contributed by atoms with van der Waals surface area (Å²) in [5.74, 6) is -1.26. The Balaban J connectivity index is 1.52. The average Bonchev–Trinajstić information content (AvgIpc) is 3.14. The molecule has 0 bridgehead atoms. The largest absolute Gasteiger partial charge is 0.492 e. The number of likely N-dealkylation sites (N-methyl/N-ethyl adjacent to an activating group) is 1. The molecule has 7 heteroatoms. The molecule has 3 rings (SSSR count). The van der Waals surface area contributed by atoms with Crippen LogP contribution in [0.1, 0.15) is 12.5 Å². The topological polar surface area (TPSA) is 64.8 Å². The van der Waals surface area contributed by atoms with Crippen LogP contribution in [0.4, 0.5) is 10.4 Å². The Bertz CT molecular complexity index is 933. The lowest BCUT2D eigenvalue weighted by atomic mass is 10.2. The molecule has 28 heavy (non-hydrogen) atoms. The van der Waals surface area contributed by atoms with Crippen molar-refractivity contribution >= 4 is 29.2 Å². The maximum absolute atomic E-state index is 13.6. The second kappa shape index (κ2) is 9.03. The summed E-state index contributed by atoms with van der Waals surface area (Å²) in [5, 5.41) is 0. The number of oxazole rings is 1. The van der Waals surface area contributed by atoms with Gasteiger partial charge in [-0.25, -0.2) is 4.79 Å². The van der Waals surface area contributed by atoms with Gasteiger partial charge in [-0.15, -0.1) is 0 Å². The van der Waals surface area contributed by atoms with E-state index < -0.39 is 11.8 Å². The molecule has 0 aliphatic carbocycles. The molecule has 0 saturated heterocycles. The van der Waals surface area contributed by atoms with Crippen LogP contribution in [0.3, 0.4) is 0 Å². The third kappa shape index (κ3) is 4.88. The number of hydrogen-bond acceptors (Lipinski definition) is 6. The number of aromatic nitrogens is 1. The van der Waals surface area contributed by atoms with Crippen molar-refractivity contribution in [1.29, 1.82) is 0 Å². The van der Waals surface area contributed by atoms with E-state index in [0.717, 1.165) is 17.2 Å². The molecule has 1 heterocycles. The normalized spacial score (nSPS) is 11.5. The first-order chi connectivity index (χ1) is 13.6. The van der Waals surface area contributed by atoms with E-state index in [-0.39, 0.29) is 6.61 Å². The minimum absolute atomic E-state index is 0.130. The summed E-state index contributed by atoms with van der Waals surface area (Å²) in [5.41, 5.74) is 2.09. The number of nitrogens with zero attached hydrogens (tertiary/aromatic N) is 2. The summed E-state index contributed by atoms with van der Waals surface area (Å²) in [7, 11) is 1.88. The van der Waals surface area contributed by atoms with Gasteiger partial charge in [-0.2, -0.15) is 9.37 Å². The molecule has 0 atom stereocenters. The zero-order valence-electron chi connectivity index (χ0n) is 15.7. The van der Waals surface area contributed by atoms with Crippen LogP contribution < -0.4 is 9.64 Å². The molecule has 2 aromatic carbocycles.